The van der Waals surface area contributed by atoms with Gasteiger partial charge in [0.25, 0.3) is 0 Å². The molecule has 2 atom stereocenters. The van der Waals surface area contributed by atoms with Crippen LogP contribution in [0.3, 0.4) is 0 Å². The maximum atomic E-state index is 10.1. The van der Waals surface area contributed by atoms with Gasteiger partial charge in [0.1, 0.15) is 6.29 Å². The van der Waals surface area contributed by atoms with E-state index in [0.29, 0.717) is 6.04 Å². The second-order valence-corrected chi connectivity index (χ2v) is 3.18. The first kappa shape index (κ1) is 15.1. The first-order valence-electron chi connectivity index (χ1n) is 5.45. The molecule has 2 nitrogen and oxygen atoms in total. The van der Waals surface area contributed by atoms with Crippen molar-refractivity contribution in [3.8, 4) is 0 Å². The first-order valence-corrected chi connectivity index (χ1v) is 5.45. The van der Waals surface area contributed by atoms with Crippen LogP contribution < -0.4 is 5.73 Å². The standard InChI is InChI=1S/C6H11NO.C3H8.C2H6/c7-6-2-1-5(3-6)4-8;1-3-2;1-2/h4-6H,1-3,7H2;3H2,1-2H3;1-2H3/t5-,6+;;/m1../s1. The number of nitrogens with two attached hydrogens (primary N) is 1. The van der Waals surface area contributed by atoms with Crippen LogP contribution in [0.4, 0.5) is 0 Å². The fourth-order valence-corrected chi connectivity index (χ4v) is 1.18. The molecular formula is C11H25NO. The van der Waals surface area contributed by atoms with E-state index in [1.54, 1.807) is 0 Å². The van der Waals surface area contributed by atoms with Crippen LogP contribution in [0.25, 0.3) is 0 Å². The summed E-state index contributed by atoms with van der Waals surface area (Å²) in [6.07, 6.45) is 5.21. The molecule has 0 aromatic rings. The van der Waals surface area contributed by atoms with Gasteiger partial charge in [-0.25, -0.2) is 0 Å². The summed E-state index contributed by atoms with van der Waals surface area (Å²) in [6, 6.07) is 0.296. The van der Waals surface area contributed by atoms with Crippen LogP contribution in [0.15, 0.2) is 0 Å². The highest BCUT2D eigenvalue weighted by molar-refractivity contribution is 5.54. The minimum absolute atomic E-state index is 0.269. The van der Waals surface area contributed by atoms with Crippen LogP contribution in [0.2, 0.25) is 0 Å². The Labute approximate surface area is 82.9 Å². The Morgan fingerprint density at radius 1 is 1.31 bits per heavy atom. The van der Waals surface area contributed by atoms with Gasteiger partial charge in [-0.2, -0.15) is 0 Å². The lowest BCUT2D eigenvalue weighted by atomic mass is 10.1. The number of aldehydes is 1. The molecule has 2 N–H and O–H groups in total. The van der Waals surface area contributed by atoms with E-state index >= 15 is 0 Å². The van der Waals surface area contributed by atoms with Crippen molar-refractivity contribution in [1.82, 2.24) is 0 Å². The molecule has 0 aromatic carbocycles. The lowest BCUT2D eigenvalue weighted by Crippen LogP contribution is -2.14. The van der Waals surface area contributed by atoms with E-state index in [9.17, 15) is 4.79 Å². The Balaban J connectivity index is 0. The highest BCUT2D eigenvalue weighted by Crippen LogP contribution is 2.21. The molecule has 1 aliphatic carbocycles. The van der Waals surface area contributed by atoms with Crippen molar-refractivity contribution < 1.29 is 4.79 Å². The molecule has 80 valence electrons. The maximum absolute atomic E-state index is 10.1. The van der Waals surface area contributed by atoms with Crippen molar-refractivity contribution in [3.63, 3.8) is 0 Å². The minimum atomic E-state index is 0.269. The quantitative estimate of drug-likeness (QED) is 0.641. The van der Waals surface area contributed by atoms with Gasteiger partial charge in [-0.1, -0.05) is 34.1 Å². The smallest absolute Gasteiger partial charge is 0.123 e. The predicted octanol–water partition coefficient (Wildman–Crippen LogP) is 2.76. The van der Waals surface area contributed by atoms with Crippen LogP contribution in [-0.4, -0.2) is 12.3 Å². The fourth-order valence-electron chi connectivity index (χ4n) is 1.18. The third-order valence-electron chi connectivity index (χ3n) is 1.71. The molecule has 0 bridgehead atoms. The van der Waals surface area contributed by atoms with Crippen LogP contribution in [0.1, 0.15) is 53.4 Å². The molecule has 0 aromatic heterocycles. The third kappa shape index (κ3) is 9.54. The molecule has 0 unspecified atom stereocenters. The normalized spacial score (nSPS) is 25.0. The Hall–Kier alpha value is -0.370. The van der Waals surface area contributed by atoms with Gasteiger partial charge in [-0.05, 0) is 19.3 Å². The van der Waals surface area contributed by atoms with Crippen LogP contribution in [-0.2, 0) is 4.79 Å². The number of carbonyl (C=O) groups is 1. The third-order valence-corrected chi connectivity index (χ3v) is 1.71. The van der Waals surface area contributed by atoms with Gasteiger partial charge in [-0.3, -0.25) is 0 Å². The predicted molar refractivity (Wildman–Crippen MR) is 58.7 cm³/mol. The zero-order valence-corrected chi connectivity index (χ0v) is 9.55. The van der Waals surface area contributed by atoms with Crippen LogP contribution in [0, 0.1) is 5.92 Å². The monoisotopic (exact) mass is 187 g/mol. The topological polar surface area (TPSA) is 43.1 Å². The summed E-state index contributed by atoms with van der Waals surface area (Å²) in [5.74, 6) is 0.269. The second kappa shape index (κ2) is 11.6. The van der Waals surface area contributed by atoms with Gasteiger partial charge in [-0.15, -0.1) is 0 Å². The molecule has 1 fully saturated rings. The van der Waals surface area contributed by atoms with E-state index in [-0.39, 0.29) is 5.92 Å². The number of carbonyl (C=O) groups excluding carboxylic acids is 1. The summed E-state index contributed by atoms with van der Waals surface area (Å²) < 4.78 is 0. The number of rotatable bonds is 1. The molecule has 1 saturated carbocycles. The average molecular weight is 187 g/mol. The maximum Gasteiger partial charge on any atom is 0.123 e. The summed E-state index contributed by atoms with van der Waals surface area (Å²) in [5, 5.41) is 0. The van der Waals surface area contributed by atoms with Gasteiger partial charge in [0.05, 0.1) is 0 Å². The van der Waals surface area contributed by atoms with E-state index in [0.717, 1.165) is 25.5 Å². The van der Waals surface area contributed by atoms with E-state index in [1.165, 1.54) is 6.42 Å². The largest absolute Gasteiger partial charge is 0.328 e. The van der Waals surface area contributed by atoms with Crippen molar-refractivity contribution in [2.24, 2.45) is 11.7 Å². The van der Waals surface area contributed by atoms with Crippen molar-refractivity contribution in [3.05, 3.63) is 0 Å². The van der Waals surface area contributed by atoms with Crippen LogP contribution >= 0.6 is 0 Å². The number of hydrogen-bond acceptors (Lipinski definition) is 2. The van der Waals surface area contributed by atoms with Gasteiger partial charge < -0.3 is 10.5 Å². The molecule has 0 spiro atoms. The second-order valence-electron chi connectivity index (χ2n) is 3.18. The van der Waals surface area contributed by atoms with E-state index in [4.69, 9.17) is 5.73 Å². The fraction of sp³-hybridized carbons (Fsp3) is 0.909. The SMILES string of the molecule is CC.CCC.N[C@H]1CC[C@@H](C=O)C1. The highest BCUT2D eigenvalue weighted by Gasteiger charge is 2.20. The van der Waals surface area contributed by atoms with Crippen molar-refractivity contribution in [2.45, 2.75) is 59.4 Å². The Morgan fingerprint density at radius 2 is 1.77 bits per heavy atom. The number of hydrogen-bond donors (Lipinski definition) is 1. The Kier molecular flexibility index (Phi) is 13.5. The summed E-state index contributed by atoms with van der Waals surface area (Å²) in [6.45, 7) is 8.25. The Bertz CT molecular complexity index is 104. The molecule has 0 aliphatic heterocycles. The summed E-state index contributed by atoms with van der Waals surface area (Å²) in [7, 11) is 0. The Morgan fingerprint density at radius 3 is 1.92 bits per heavy atom. The summed E-state index contributed by atoms with van der Waals surface area (Å²) in [5.41, 5.74) is 5.54. The minimum Gasteiger partial charge on any atom is -0.328 e. The van der Waals surface area contributed by atoms with E-state index < -0.39 is 0 Å². The zero-order valence-electron chi connectivity index (χ0n) is 9.55. The van der Waals surface area contributed by atoms with Crippen molar-refractivity contribution >= 4 is 6.29 Å². The molecule has 0 radical (unpaired) electrons. The molecule has 0 heterocycles. The lowest BCUT2D eigenvalue weighted by molar-refractivity contribution is -0.110. The van der Waals surface area contributed by atoms with Gasteiger partial charge >= 0.3 is 0 Å². The highest BCUT2D eigenvalue weighted by atomic mass is 16.1. The van der Waals surface area contributed by atoms with Crippen LogP contribution in [0.5, 0.6) is 0 Å². The molecule has 2 heteroatoms. The van der Waals surface area contributed by atoms with Gasteiger partial charge in [0.2, 0.25) is 0 Å². The van der Waals surface area contributed by atoms with Crippen molar-refractivity contribution in [1.29, 1.82) is 0 Å². The lowest BCUT2D eigenvalue weighted by Gasteiger charge is -1.96. The molecule has 13 heavy (non-hydrogen) atoms. The first-order chi connectivity index (χ1) is 6.24. The average Bonchev–Trinajstić information content (AvgIpc) is 2.56. The van der Waals surface area contributed by atoms with Crippen molar-refractivity contribution in [2.75, 3.05) is 0 Å². The van der Waals surface area contributed by atoms with Gasteiger partial charge in [0, 0.05) is 12.0 Å². The molecule has 0 amide bonds. The molecular weight excluding hydrogens is 162 g/mol. The molecule has 1 rings (SSSR count). The molecule has 0 saturated heterocycles. The summed E-state index contributed by atoms with van der Waals surface area (Å²) >= 11 is 0. The zero-order chi connectivity index (χ0) is 10.7. The van der Waals surface area contributed by atoms with E-state index in [1.807, 2.05) is 13.8 Å². The van der Waals surface area contributed by atoms with Gasteiger partial charge in [0.15, 0.2) is 0 Å². The summed E-state index contributed by atoms with van der Waals surface area (Å²) in [4.78, 5) is 10.1. The molecule has 1 aliphatic rings. The van der Waals surface area contributed by atoms with E-state index in [2.05, 4.69) is 13.8 Å².